The van der Waals surface area contributed by atoms with Crippen molar-refractivity contribution in [2.45, 2.75) is 52.4 Å². The molecular formula is C27H27ClN4O4. The first-order valence-electron chi connectivity index (χ1n) is 11.9. The minimum Gasteiger partial charge on any atom is -0.420 e. The minimum atomic E-state index is -0.619. The summed E-state index contributed by atoms with van der Waals surface area (Å²) in [4.78, 5) is 25.1. The predicted octanol–water partition coefficient (Wildman–Crippen LogP) is 7.23. The maximum Gasteiger partial charge on any atom is 0.343 e. The average Bonchev–Trinajstić information content (AvgIpc) is 3.30. The van der Waals surface area contributed by atoms with Gasteiger partial charge in [-0.15, -0.1) is 15.0 Å². The van der Waals surface area contributed by atoms with Crippen molar-refractivity contribution >= 4 is 34.3 Å². The third-order valence-electron chi connectivity index (χ3n) is 6.51. The van der Waals surface area contributed by atoms with Gasteiger partial charge in [-0.3, -0.25) is 10.1 Å². The van der Waals surface area contributed by atoms with Gasteiger partial charge in [0.15, 0.2) is 5.75 Å². The van der Waals surface area contributed by atoms with Crippen molar-refractivity contribution in [1.29, 1.82) is 0 Å². The third kappa shape index (κ3) is 5.09. The van der Waals surface area contributed by atoms with E-state index in [9.17, 15) is 14.9 Å². The van der Waals surface area contributed by atoms with Crippen molar-refractivity contribution in [1.82, 2.24) is 15.0 Å². The van der Waals surface area contributed by atoms with Gasteiger partial charge in [0.2, 0.25) is 0 Å². The molecule has 4 aromatic rings. The van der Waals surface area contributed by atoms with Crippen molar-refractivity contribution < 1.29 is 14.5 Å². The number of hydrogen-bond donors (Lipinski definition) is 0. The molecule has 9 heteroatoms. The number of carbonyl (C=O) groups excluding carboxylic acids is 1. The molecule has 0 aliphatic heterocycles. The standard InChI is InChI=1S/C27H27ClN4O4/c1-5-16(3)19-13-22(17(4)6-2)26(36-27(33)18-7-10-21(11-8-18)32(34)35)25(14-19)31-29-23-12-9-20(28)15-24(23)30-31/h7-17H,5-6H2,1-4H3. The first-order chi connectivity index (χ1) is 17.2. The van der Waals surface area contributed by atoms with E-state index in [1.165, 1.54) is 29.1 Å². The number of nitrogens with zero attached hydrogens (tertiary/aromatic N) is 4. The van der Waals surface area contributed by atoms with Crippen LogP contribution in [0.4, 0.5) is 5.69 Å². The number of ether oxygens (including phenoxy) is 1. The van der Waals surface area contributed by atoms with Gasteiger partial charge in [0.1, 0.15) is 16.7 Å². The van der Waals surface area contributed by atoms with Gasteiger partial charge in [0.25, 0.3) is 5.69 Å². The molecule has 0 fully saturated rings. The molecule has 1 heterocycles. The highest BCUT2D eigenvalue weighted by Gasteiger charge is 2.24. The van der Waals surface area contributed by atoms with Crippen LogP contribution >= 0.6 is 11.6 Å². The van der Waals surface area contributed by atoms with Gasteiger partial charge in [-0.25, -0.2) is 4.79 Å². The lowest BCUT2D eigenvalue weighted by Crippen LogP contribution is -2.15. The molecule has 4 rings (SSSR count). The molecule has 0 saturated carbocycles. The topological polar surface area (TPSA) is 100 Å². The maximum absolute atomic E-state index is 13.2. The van der Waals surface area contributed by atoms with E-state index in [-0.39, 0.29) is 23.1 Å². The zero-order chi connectivity index (χ0) is 26.0. The number of rotatable bonds is 8. The lowest BCUT2D eigenvalue weighted by molar-refractivity contribution is -0.384. The number of carbonyl (C=O) groups is 1. The lowest BCUT2D eigenvalue weighted by Gasteiger charge is -2.21. The largest absolute Gasteiger partial charge is 0.420 e. The van der Waals surface area contributed by atoms with Crippen molar-refractivity contribution in [3.8, 4) is 11.4 Å². The van der Waals surface area contributed by atoms with E-state index < -0.39 is 10.9 Å². The smallest absolute Gasteiger partial charge is 0.343 e. The summed E-state index contributed by atoms with van der Waals surface area (Å²) in [5, 5.41) is 20.8. The molecule has 2 atom stereocenters. The first-order valence-corrected chi connectivity index (χ1v) is 12.3. The molecule has 0 radical (unpaired) electrons. The Bertz CT molecular complexity index is 1430. The van der Waals surface area contributed by atoms with E-state index in [1.807, 2.05) is 6.07 Å². The molecule has 1 aromatic heterocycles. The molecule has 0 aliphatic rings. The van der Waals surface area contributed by atoms with Crippen molar-refractivity contribution in [2.75, 3.05) is 0 Å². The number of halogens is 1. The molecule has 8 nitrogen and oxygen atoms in total. The number of fused-ring (bicyclic) bond motifs is 1. The molecule has 36 heavy (non-hydrogen) atoms. The molecule has 3 aromatic carbocycles. The van der Waals surface area contributed by atoms with Crippen molar-refractivity contribution in [3.63, 3.8) is 0 Å². The Morgan fingerprint density at radius 2 is 1.67 bits per heavy atom. The van der Waals surface area contributed by atoms with Gasteiger partial charge in [-0.1, -0.05) is 45.4 Å². The van der Waals surface area contributed by atoms with E-state index in [0.29, 0.717) is 27.5 Å². The SMILES string of the molecule is CCC(C)c1cc(C(C)CC)c(OC(=O)c2ccc([N+](=O)[O-])cc2)c(-n2nc3ccc(Cl)cc3n2)c1. The molecule has 0 spiro atoms. The summed E-state index contributed by atoms with van der Waals surface area (Å²) in [5.41, 5.74) is 3.90. The van der Waals surface area contributed by atoms with Crippen LogP contribution in [0.25, 0.3) is 16.7 Å². The summed E-state index contributed by atoms with van der Waals surface area (Å²) < 4.78 is 5.99. The molecule has 0 N–H and O–H groups in total. The molecule has 2 unspecified atom stereocenters. The van der Waals surface area contributed by atoms with Crippen LogP contribution in [0.5, 0.6) is 5.75 Å². The van der Waals surface area contributed by atoms with Gasteiger partial charge in [0.05, 0.1) is 10.5 Å². The predicted molar refractivity (Wildman–Crippen MR) is 139 cm³/mol. The number of nitro groups is 1. The molecular weight excluding hydrogens is 480 g/mol. The highest BCUT2D eigenvalue weighted by molar-refractivity contribution is 6.31. The Balaban J connectivity index is 1.88. The van der Waals surface area contributed by atoms with Crippen molar-refractivity contribution in [2.24, 2.45) is 0 Å². The molecule has 186 valence electrons. The van der Waals surface area contributed by atoms with Gasteiger partial charge in [0, 0.05) is 22.7 Å². The summed E-state index contributed by atoms with van der Waals surface area (Å²) in [7, 11) is 0. The highest BCUT2D eigenvalue weighted by atomic mass is 35.5. The Morgan fingerprint density at radius 3 is 2.31 bits per heavy atom. The van der Waals surface area contributed by atoms with Crippen LogP contribution in [0.3, 0.4) is 0 Å². The number of benzene rings is 3. The van der Waals surface area contributed by atoms with Gasteiger partial charge >= 0.3 is 5.97 Å². The quantitative estimate of drug-likeness (QED) is 0.108. The van der Waals surface area contributed by atoms with E-state index >= 15 is 0 Å². The summed E-state index contributed by atoms with van der Waals surface area (Å²) in [6.07, 6.45) is 1.76. The van der Waals surface area contributed by atoms with Crippen LogP contribution in [0.15, 0.2) is 54.6 Å². The summed E-state index contributed by atoms with van der Waals surface area (Å²) in [6, 6.07) is 14.7. The van der Waals surface area contributed by atoms with E-state index in [4.69, 9.17) is 16.3 Å². The molecule has 0 saturated heterocycles. The molecule has 0 bridgehead atoms. The average molecular weight is 507 g/mol. The Kier molecular flexibility index (Phi) is 7.35. The van der Waals surface area contributed by atoms with E-state index in [0.717, 1.165) is 24.0 Å². The van der Waals surface area contributed by atoms with Crippen LogP contribution in [-0.2, 0) is 0 Å². The summed E-state index contributed by atoms with van der Waals surface area (Å²) in [5.74, 6) is 0.107. The number of aromatic nitrogens is 3. The number of esters is 1. The van der Waals surface area contributed by atoms with Crippen LogP contribution in [0.1, 0.15) is 73.9 Å². The number of non-ortho nitro benzene ring substituents is 1. The minimum absolute atomic E-state index is 0.0897. The molecule has 0 amide bonds. The van der Waals surface area contributed by atoms with Crippen LogP contribution in [0.2, 0.25) is 5.02 Å². The van der Waals surface area contributed by atoms with Gasteiger partial charge < -0.3 is 4.74 Å². The van der Waals surface area contributed by atoms with Crippen molar-refractivity contribution in [3.05, 3.63) is 86.4 Å². The van der Waals surface area contributed by atoms with Crippen LogP contribution in [-0.4, -0.2) is 25.9 Å². The number of nitro benzene ring substituents is 1. The third-order valence-corrected chi connectivity index (χ3v) is 6.75. The maximum atomic E-state index is 13.2. The lowest BCUT2D eigenvalue weighted by atomic mass is 9.90. The van der Waals surface area contributed by atoms with Gasteiger partial charge in [-0.2, -0.15) is 0 Å². The van der Waals surface area contributed by atoms with Crippen LogP contribution < -0.4 is 4.74 Å². The fourth-order valence-electron chi connectivity index (χ4n) is 3.89. The van der Waals surface area contributed by atoms with Gasteiger partial charge in [-0.05, 0) is 66.6 Å². The van der Waals surface area contributed by atoms with Crippen LogP contribution in [0, 0.1) is 10.1 Å². The van der Waals surface area contributed by atoms with E-state index in [2.05, 4.69) is 44.0 Å². The second-order valence-electron chi connectivity index (χ2n) is 8.89. The Labute approximate surface area is 214 Å². The summed E-state index contributed by atoms with van der Waals surface area (Å²) in [6.45, 7) is 8.42. The number of hydrogen-bond acceptors (Lipinski definition) is 6. The second-order valence-corrected chi connectivity index (χ2v) is 9.33. The van der Waals surface area contributed by atoms with E-state index in [1.54, 1.807) is 18.2 Å². The first kappa shape index (κ1) is 25.3. The molecule has 0 aliphatic carbocycles. The Hall–Kier alpha value is -3.78. The fourth-order valence-corrected chi connectivity index (χ4v) is 4.06. The zero-order valence-corrected chi connectivity index (χ0v) is 21.3. The monoisotopic (exact) mass is 506 g/mol. The Morgan fingerprint density at radius 1 is 1.00 bits per heavy atom. The normalized spacial score (nSPS) is 12.9. The zero-order valence-electron chi connectivity index (χ0n) is 20.6. The fraction of sp³-hybridized carbons (Fsp3) is 0.296. The highest BCUT2D eigenvalue weighted by Crippen LogP contribution is 2.38. The summed E-state index contributed by atoms with van der Waals surface area (Å²) >= 11 is 6.16. The second kappa shape index (κ2) is 10.5.